The highest BCUT2D eigenvalue weighted by molar-refractivity contribution is 5.86. The van der Waals surface area contributed by atoms with E-state index in [0.29, 0.717) is 0 Å². The fourth-order valence-electron chi connectivity index (χ4n) is 4.14. The molecule has 0 amide bonds. The van der Waals surface area contributed by atoms with E-state index in [9.17, 15) is 0 Å². The monoisotopic (exact) mass is 415 g/mol. The summed E-state index contributed by atoms with van der Waals surface area (Å²) >= 11 is 0. The Kier molecular flexibility index (Phi) is 4.93. The van der Waals surface area contributed by atoms with Crippen LogP contribution in [0.4, 0.5) is 11.6 Å². The fourth-order valence-corrected chi connectivity index (χ4v) is 4.14. The van der Waals surface area contributed by atoms with Gasteiger partial charge >= 0.3 is 0 Å². The van der Waals surface area contributed by atoms with Crippen LogP contribution in [0.5, 0.6) is 0 Å². The van der Waals surface area contributed by atoms with E-state index >= 15 is 0 Å². The van der Waals surface area contributed by atoms with E-state index in [-0.39, 0.29) is 6.04 Å². The second-order valence-electron chi connectivity index (χ2n) is 7.81. The predicted octanol–water partition coefficient (Wildman–Crippen LogP) is 3.01. The zero-order valence-electron chi connectivity index (χ0n) is 17.9. The number of hydrogen-bond donors (Lipinski definition) is 1. The Morgan fingerprint density at radius 3 is 2.71 bits per heavy atom. The summed E-state index contributed by atoms with van der Waals surface area (Å²) in [5.41, 5.74) is 3.65. The first kappa shape index (κ1) is 19.3. The van der Waals surface area contributed by atoms with Gasteiger partial charge in [-0.15, -0.1) is 0 Å². The van der Waals surface area contributed by atoms with E-state index in [2.05, 4.69) is 59.6 Å². The molecule has 5 rings (SSSR count). The molecule has 4 aromatic heterocycles. The number of pyridine rings is 1. The zero-order valence-corrected chi connectivity index (χ0v) is 17.9. The van der Waals surface area contributed by atoms with Crippen molar-refractivity contribution in [3.63, 3.8) is 0 Å². The summed E-state index contributed by atoms with van der Waals surface area (Å²) in [5.74, 6) is 3.35. The topological polar surface area (TPSA) is 97.5 Å². The van der Waals surface area contributed by atoms with E-state index < -0.39 is 0 Å². The molecule has 0 saturated carbocycles. The van der Waals surface area contributed by atoms with Gasteiger partial charge < -0.3 is 14.8 Å². The molecule has 0 spiro atoms. The molecule has 9 nitrogen and oxygen atoms in total. The van der Waals surface area contributed by atoms with Gasteiger partial charge in [0.1, 0.15) is 23.8 Å². The van der Waals surface area contributed by atoms with Crippen LogP contribution in [0.3, 0.4) is 0 Å². The molecule has 1 saturated heterocycles. The number of hydrogen-bond acceptors (Lipinski definition) is 8. The minimum Gasteiger partial charge on any atom is -0.364 e. The summed E-state index contributed by atoms with van der Waals surface area (Å²) in [6, 6.07) is 4.34. The molecule has 9 heteroatoms. The number of rotatable bonds is 5. The standard InChI is InChI=1S/C22H25N9/c1-4-31-21(16-10-24-15(3)25-11-16)29-18-19(26-13-27-22(18)31)28-17-7-9-30(12-17)20-14(2)6-5-8-23-20/h5-6,8,10-11,13,17H,4,7,9,12H2,1-3H3,(H,26,27,28). The number of aryl methyl sites for hydroxylation is 3. The predicted molar refractivity (Wildman–Crippen MR) is 120 cm³/mol. The lowest BCUT2D eigenvalue weighted by Crippen LogP contribution is -2.27. The molecule has 31 heavy (non-hydrogen) atoms. The third-order valence-electron chi connectivity index (χ3n) is 5.70. The first-order valence-electron chi connectivity index (χ1n) is 10.6. The molecule has 1 aliphatic heterocycles. The van der Waals surface area contributed by atoms with Crippen LogP contribution >= 0.6 is 0 Å². The summed E-state index contributed by atoms with van der Waals surface area (Å²) < 4.78 is 2.08. The van der Waals surface area contributed by atoms with Crippen molar-refractivity contribution in [2.75, 3.05) is 23.3 Å². The number of imidazole rings is 1. The molecule has 1 atom stereocenters. The maximum Gasteiger partial charge on any atom is 0.165 e. The Morgan fingerprint density at radius 2 is 1.94 bits per heavy atom. The highest BCUT2D eigenvalue weighted by atomic mass is 15.2. The lowest BCUT2D eigenvalue weighted by Gasteiger charge is -2.19. The van der Waals surface area contributed by atoms with E-state index in [0.717, 1.165) is 66.1 Å². The lowest BCUT2D eigenvalue weighted by atomic mass is 10.2. The maximum atomic E-state index is 4.89. The zero-order chi connectivity index (χ0) is 21.4. The highest BCUT2D eigenvalue weighted by Crippen LogP contribution is 2.28. The van der Waals surface area contributed by atoms with Gasteiger partial charge in [-0.2, -0.15) is 0 Å². The summed E-state index contributed by atoms with van der Waals surface area (Å²) in [5, 5.41) is 3.60. The van der Waals surface area contributed by atoms with Crippen LogP contribution < -0.4 is 10.2 Å². The lowest BCUT2D eigenvalue weighted by molar-refractivity contribution is 0.783. The molecule has 0 aliphatic carbocycles. The van der Waals surface area contributed by atoms with E-state index in [1.807, 2.05) is 19.2 Å². The van der Waals surface area contributed by atoms with Gasteiger partial charge in [0.2, 0.25) is 0 Å². The van der Waals surface area contributed by atoms with Crippen molar-refractivity contribution in [1.29, 1.82) is 0 Å². The smallest absolute Gasteiger partial charge is 0.165 e. The summed E-state index contributed by atoms with van der Waals surface area (Å²) in [7, 11) is 0. The summed E-state index contributed by atoms with van der Waals surface area (Å²) in [4.78, 5) is 29.5. The van der Waals surface area contributed by atoms with Gasteiger partial charge in [0.15, 0.2) is 17.0 Å². The molecule has 1 unspecified atom stereocenters. The second-order valence-corrected chi connectivity index (χ2v) is 7.81. The van der Waals surface area contributed by atoms with Crippen molar-refractivity contribution in [2.24, 2.45) is 0 Å². The van der Waals surface area contributed by atoms with Crippen LogP contribution in [-0.4, -0.2) is 53.6 Å². The average Bonchev–Trinajstić information content (AvgIpc) is 3.39. The quantitative estimate of drug-likeness (QED) is 0.531. The molecule has 158 valence electrons. The molecular weight excluding hydrogens is 390 g/mol. The molecular formula is C22H25N9. The first-order chi connectivity index (χ1) is 15.1. The number of anilines is 2. The Bertz CT molecular complexity index is 1220. The Labute approximate surface area is 180 Å². The van der Waals surface area contributed by atoms with Crippen molar-refractivity contribution < 1.29 is 0 Å². The Hall–Kier alpha value is -3.62. The molecule has 5 heterocycles. The number of nitrogens with one attached hydrogen (secondary N) is 1. The van der Waals surface area contributed by atoms with Crippen molar-refractivity contribution in [1.82, 2.24) is 34.5 Å². The van der Waals surface area contributed by atoms with Crippen molar-refractivity contribution in [3.8, 4) is 11.4 Å². The van der Waals surface area contributed by atoms with Crippen LogP contribution in [0.15, 0.2) is 37.1 Å². The van der Waals surface area contributed by atoms with Crippen LogP contribution in [0.2, 0.25) is 0 Å². The van der Waals surface area contributed by atoms with Gasteiger partial charge in [-0.25, -0.2) is 29.9 Å². The number of aromatic nitrogens is 7. The van der Waals surface area contributed by atoms with Gasteiger partial charge in [0.25, 0.3) is 0 Å². The van der Waals surface area contributed by atoms with Gasteiger partial charge in [-0.3, -0.25) is 0 Å². The van der Waals surface area contributed by atoms with E-state index in [4.69, 9.17) is 4.98 Å². The van der Waals surface area contributed by atoms with Crippen LogP contribution in [0.1, 0.15) is 24.7 Å². The van der Waals surface area contributed by atoms with E-state index in [1.165, 1.54) is 5.56 Å². The first-order valence-corrected chi connectivity index (χ1v) is 10.6. The van der Waals surface area contributed by atoms with Gasteiger partial charge in [0, 0.05) is 44.3 Å². The normalized spacial score (nSPS) is 16.2. The molecule has 1 fully saturated rings. The summed E-state index contributed by atoms with van der Waals surface area (Å²) in [6.45, 7) is 8.63. The van der Waals surface area contributed by atoms with Crippen LogP contribution in [0, 0.1) is 13.8 Å². The van der Waals surface area contributed by atoms with Crippen molar-refractivity contribution in [2.45, 2.75) is 39.8 Å². The van der Waals surface area contributed by atoms with Crippen LogP contribution in [0.25, 0.3) is 22.6 Å². The molecule has 0 aromatic carbocycles. The minimum absolute atomic E-state index is 0.262. The molecule has 1 N–H and O–H groups in total. The second kappa shape index (κ2) is 7.90. The molecule has 4 aromatic rings. The fraction of sp³-hybridized carbons (Fsp3) is 0.364. The van der Waals surface area contributed by atoms with Gasteiger partial charge in [-0.1, -0.05) is 6.07 Å². The van der Waals surface area contributed by atoms with Crippen LogP contribution in [-0.2, 0) is 6.54 Å². The third kappa shape index (κ3) is 3.56. The number of nitrogens with zero attached hydrogens (tertiary/aromatic N) is 8. The summed E-state index contributed by atoms with van der Waals surface area (Å²) in [6.07, 6.45) is 8.07. The Balaban J connectivity index is 1.44. The molecule has 1 aliphatic rings. The van der Waals surface area contributed by atoms with Crippen molar-refractivity contribution in [3.05, 3.63) is 48.4 Å². The third-order valence-corrected chi connectivity index (χ3v) is 5.70. The SMILES string of the molecule is CCn1c(-c2cnc(C)nc2)nc2c(NC3CCN(c4ncccc4C)C3)ncnc21. The van der Waals surface area contributed by atoms with Gasteiger partial charge in [-0.05, 0) is 38.8 Å². The number of fused-ring (bicyclic) bond motifs is 1. The minimum atomic E-state index is 0.262. The van der Waals surface area contributed by atoms with Crippen molar-refractivity contribution >= 4 is 22.8 Å². The molecule has 0 radical (unpaired) electrons. The van der Waals surface area contributed by atoms with E-state index in [1.54, 1.807) is 18.7 Å². The molecule has 0 bridgehead atoms. The Morgan fingerprint density at radius 1 is 1.10 bits per heavy atom. The van der Waals surface area contributed by atoms with Gasteiger partial charge in [0.05, 0.1) is 5.56 Å². The largest absolute Gasteiger partial charge is 0.364 e. The highest BCUT2D eigenvalue weighted by Gasteiger charge is 2.26. The average molecular weight is 416 g/mol. The maximum absolute atomic E-state index is 4.89.